The van der Waals surface area contributed by atoms with Crippen LogP contribution in [0, 0.1) is 5.82 Å². The molecule has 0 unspecified atom stereocenters. The van der Waals surface area contributed by atoms with E-state index in [4.69, 9.17) is 5.84 Å². The smallest absolute Gasteiger partial charge is 0.265 e. The summed E-state index contributed by atoms with van der Waals surface area (Å²) < 4.78 is 13.0. The van der Waals surface area contributed by atoms with Gasteiger partial charge in [0.15, 0.2) is 0 Å². The molecule has 0 aliphatic rings. The van der Waals surface area contributed by atoms with E-state index < -0.39 is 0 Å². The van der Waals surface area contributed by atoms with Gasteiger partial charge in [0.05, 0.1) is 0 Å². The molecule has 0 bridgehead atoms. The molecule has 5 heteroatoms. The van der Waals surface area contributed by atoms with Crippen molar-refractivity contribution in [1.29, 1.82) is 0 Å². The summed E-state index contributed by atoms with van der Waals surface area (Å²) in [5.41, 5.74) is 3.65. The van der Waals surface area contributed by atoms with Gasteiger partial charge in [-0.2, -0.15) is 0 Å². The van der Waals surface area contributed by atoms with Gasteiger partial charge in [0, 0.05) is 16.2 Å². The number of halogens is 1. The fourth-order valence-corrected chi connectivity index (χ4v) is 2.46. The van der Waals surface area contributed by atoms with E-state index in [2.05, 4.69) is 5.43 Å². The fourth-order valence-electron chi connectivity index (χ4n) is 1.56. The third-order valence-electron chi connectivity index (χ3n) is 2.55. The van der Waals surface area contributed by atoms with Crippen LogP contribution in [0.1, 0.15) is 15.9 Å². The van der Waals surface area contributed by atoms with Crippen LogP contribution in [0.3, 0.4) is 0 Å². The van der Waals surface area contributed by atoms with Crippen LogP contribution in [0.15, 0.2) is 53.4 Å². The van der Waals surface area contributed by atoms with Gasteiger partial charge < -0.3 is 0 Å². The molecule has 0 aromatic heterocycles. The molecule has 0 aliphatic heterocycles. The lowest BCUT2D eigenvalue weighted by Crippen LogP contribution is -2.29. The average Bonchev–Trinajstić information content (AvgIpc) is 2.45. The molecular formula is C14H13FN2OS. The van der Waals surface area contributed by atoms with Crippen molar-refractivity contribution in [2.75, 3.05) is 0 Å². The number of nitrogens with one attached hydrogen (secondary N) is 1. The second kappa shape index (κ2) is 6.36. The van der Waals surface area contributed by atoms with E-state index >= 15 is 0 Å². The molecule has 0 radical (unpaired) electrons. The number of nitrogens with two attached hydrogens (primary N) is 1. The third-order valence-corrected chi connectivity index (χ3v) is 3.61. The Morgan fingerprint density at radius 1 is 1.21 bits per heavy atom. The third kappa shape index (κ3) is 3.81. The van der Waals surface area contributed by atoms with Crippen molar-refractivity contribution in [3.05, 3.63) is 65.5 Å². The quantitative estimate of drug-likeness (QED) is 0.391. The van der Waals surface area contributed by atoms with E-state index in [1.807, 2.05) is 18.2 Å². The predicted octanol–water partition coefficient (Wildman–Crippen LogP) is 2.72. The molecule has 3 N–H and O–H groups in total. The zero-order chi connectivity index (χ0) is 13.7. The fraction of sp³-hybridized carbons (Fsp3) is 0.0714. The maximum Gasteiger partial charge on any atom is 0.265 e. The molecule has 0 aliphatic carbocycles. The van der Waals surface area contributed by atoms with Gasteiger partial charge in [-0.25, -0.2) is 10.2 Å². The first-order valence-corrected chi connectivity index (χ1v) is 6.66. The lowest BCUT2D eigenvalue weighted by atomic mass is 10.1. The van der Waals surface area contributed by atoms with Gasteiger partial charge in [-0.15, -0.1) is 11.8 Å². The predicted molar refractivity (Wildman–Crippen MR) is 74.1 cm³/mol. The molecule has 19 heavy (non-hydrogen) atoms. The number of thioether (sulfide) groups is 1. The molecule has 2 rings (SSSR count). The zero-order valence-electron chi connectivity index (χ0n) is 10.1. The van der Waals surface area contributed by atoms with Crippen LogP contribution in [0.4, 0.5) is 4.39 Å². The van der Waals surface area contributed by atoms with Crippen LogP contribution >= 0.6 is 11.8 Å². The van der Waals surface area contributed by atoms with E-state index in [1.165, 1.54) is 12.1 Å². The summed E-state index contributed by atoms with van der Waals surface area (Å²) in [5, 5.41) is 0. The topological polar surface area (TPSA) is 55.1 Å². The monoisotopic (exact) mass is 276 g/mol. The minimum atomic E-state index is -0.315. The van der Waals surface area contributed by atoms with Crippen LogP contribution < -0.4 is 11.3 Å². The highest BCUT2D eigenvalue weighted by molar-refractivity contribution is 7.98. The van der Waals surface area contributed by atoms with E-state index in [0.717, 1.165) is 10.5 Å². The Morgan fingerprint density at radius 3 is 2.58 bits per heavy atom. The molecular weight excluding hydrogens is 263 g/mol. The van der Waals surface area contributed by atoms with Gasteiger partial charge in [0.2, 0.25) is 0 Å². The van der Waals surface area contributed by atoms with Crippen molar-refractivity contribution in [3.8, 4) is 0 Å². The highest BCUT2D eigenvalue weighted by atomic mass is 32.2. The van der Waals surface area contributed by atoms with E-state index in [1.54, 1.807) is 30.0 Å². The standard InChI is InChI=1S/C14H13FN2OS/c15-12-2-1-3-13(8-12)19-9-10-4-6-11(7-5-10)14(18)17-16/h1-8H,9,16H2,(H,17,18). The number of hydrogen-bond acceptors (Lipinski definition) is 3. The summed E-state index contributed by atoms with van der Waals surface area (Å²) in [4.78, 5) is 12.1. The maximum atomic E-state index is 13.0. The van der Waals surface area contributed by atoms with Gasteiger partial charge in [0.25, 0.3) is 5.91 Å². The summed E-state index contributed by atoms with van der Waals surface area (Å²) in [6.07, 6.45) is 0. The van der Waals surface area contributed by atoms with Crippen molar-refractivity contribution < 1.29 is 9.18 Å². The molecule has 98 valence electrons. The van der Waals surface area contributed by atoms with Crippen molar-refractivity contribution in [3.63, 3.8) is 0 Å². The van der Waals surface area contributed by atoms with E-state index in [-0.39, 0.29) is 11.7 Å². The SMILES string of the molecule is NNC(=O)c1ccc(CSc2cccc(F)c2)cc1. The highest BCUT2D eigenvalue weighted by Gasteiger charge is 2.03. The largest absolute Gasteiger partial charge is 0.290 e. The van der Waals surface area contributed by atoms with Crippen LogP contribution in [0.2, 0.25) is 0 Å². The summed E-state index contributed by atoms with van der Waals surface area (Å²) >= 11 is 1.54. The second-order valence-corrected chi connectivity index (χ2v) is 4.97. The number of benzene rings is 2. The van der Waals surface area contributed by atoms with Crippen LogP contribution in [0.25, 0.3) is 0 Å². The Labute approximate surface area is 115 Å². The van der Waals surface area contributed by atoms with Gasteiger partial charge in [-0.3, -0.25) is 10.2 Å². The van der Waals surface area contributed by atoms with Crippen LogP contribution in [-0.2, 0) is 5.75 Å². The number of carbonyl (C=O) groups is 1. The molecule has 0 saturated heterocycles. The summed E-state index contributed by atoms with van der Waals surface area (Å²) in [6, 6.07) is 13.6. The minimum absolute atomic E-state index is 0.236. The Hall–Kier alpha value is -1.85. The zero-order valence-corrected chi connectivity index (χ0v) is 10.9. The van der Waals surface area contributed by atoms with E-state index in [9.17, 15) is 9.18 Å². The summed E-state index contributed by atoms with van der Waals surface area (Å²) in [6.45, 7) is 0. The molecule has 0 spiro atoms. The molecule has 2 aromatic carbocycles. The first kappa shape index (κ1) is 13.6. The normalized spacial score (nSPS) is 10.2. The Kier molecular flexibility index (Phi) is 4.54. The highest BCUT2D eigenvalue weighted by Crippen LogP contribution is 2.23. The van der Waals surface area contributed by atoms with Crippen molar-refractivity contribution in [2.45, 2.75) is 10.6 Å². The van der Waals surface area contributed by atoms with Crippen molar-refractivity contribution in [2.24, 2.45) is 5.84 Å². The number of carbonyl (C=O) groups excluding carboxylic acids is 1. The number of hydrazine groups is 1. The molecule has 0 fully saturated rings. The Balaban J connectivity index is 1.98. The van der Waals surface area contributed by atoms with Gasteiger partial charge in [-0.1, -0.05) is 18.2 Å². The average molecular weight is 276 g/mol. The van der Waals surface area contributed by atoms with Gasteiger partial charge in [0.1, 0.15) is 5.82 Å². The van der Waals surface area contributed by atoms with Crippen molar-refractivity contribution in [1.82, 2.24) is 5.43 Å². The maximum absolute atomic E-state index is 13.0. The minimum Gasteiger partial charge on any atom is -0.290 e. The number of nitrogen functional groups attached to an aromatic ring is 1. The van der Waals surface area contributed by atoms with Crippen LogP contribution in [0.5, 0.6) is 0 Å². The second-order valence-electron chi connectivity index (χ2n) is 3.92. The number of amides is 1. The molecule has 0 saturated carbocycles. The summed E-state index contributed by atoms with van der Waals surface area (Å²) in [5.74, 6) is 5.22. The summed E-state index contributed by atoms with van der Waals surface area (Å²) in [7, 11) is 0. The molecule has 0 heterocycles. The Morgan fingerprint density at radius 2 is 1.95 bits per heavy atom. The first-order chi connectivity index (χ1) is 9.19. The van der Waals surface area contributed by atoms with Crippen molar-refractivity contribution >= 4 is 17.7 Å². The van der Waals surface area contributed by atoms with Gasteiger partial charge >= 0.3 is 0 Å². The molecule has 3 nitrogen and oxygen atoms in total. The lowest BCUT2D eigenvalue weighted by Gasteiger charge is -2.04. The van der Waals surface area contributed by atoms with Crippen LogP contribution in [-0.4, -0.2) is 5.91 Å². The molecule has 1 amide bonds. The molecule has 0 atom stereocenters. The number of hydrogen-bond donors (Lipinski definition) is 2. The van der Waals surface area contributed by atoms with E-state index in [0.29, 0.717) is 11.3 Å². The van der Waals surface area contributed by atoms with Gasteiger partial charge in [-0.05, 0) is 35.9 Å². The lowest BCUT2D eigenvalue weighted by molar-refractivity contribution is 0.0953. The molecule has 2 aromatic rings. The first-order valence-electron chi connectivity index (χ1n) is 5.67. The number of rotatable bonds is 4. The Bertz CT molecular complexity index is 572.